The van der Waals surface area contributed by atoms with E-state index in [9.17, 15) is 41.3 Å². The van der Waals surface area contributed by atoms with Crippen LogP contribution in [0.3, 0.4) is 0 Å². The Labute approximate surface area is 147 Å². The van der Waals surface area contributed by atoms with Gasteiger partial charge in [0.05, 0.1) is 16.1 Å². The highest BCUT2D eigenvalue weighted by atomic mass is 19.4. The molecule has 0 unspecified atom stereocenters. The summed E-state index contributed by atoms with van der Waals surface area (Å²) in [6, 6.07) is 4.21. The average Bonchev–Trinajstić information content (AvgIpc) is 2.52. The SMILES string of the molecule is Cc1cccc(C(=O)Nc2cc(C(F)(F)F)cc(C(F)(F)F)c2)c1[N+](=O)[O-]. The second-order valence-electron chi connectivity index (χ2n) is 5.48. The number of nitro benzene ring substituents is 1. The summed E-state index contributed by atoms with van der Waals surface area (Å²) >= 11 is 0. The summed E-state index contributed by atoms with van der Waals surface area (Å²) in [5.41, 5.74) is -5.02. The van der Waals surface area contributed by atoms with Crippen LogP contribution in [0.1, 0.15) is 27.0 Å². The first-order valence-electron chi connectivity index (χ1n) is 7.15. The lowest BCUT2D eigenvalue weighted by molar-refractivity contribution is -0.385. The number of nitro groups is 1. The Morgan fingerprint density at radius 2 is 1.52 bits per heavy atom. The summed E-state index contributed by atoms with van der Waals surface area (Å²) < 4.78 is 77.1. The standard InChI is InChI=1S/C16H10F6N2O3/c1-8-3-2-4-12(13(8)24(26)27)14(25)23-11-6-9(15(17,18)19)5-10(7-11)16(20,21)22/h2-7H,1H3,(H,23,25). The summed E-state index contributed by atoms with van der Waals surface area (Å²) in [7, 11) is 0. The third-order valence-electron chi connectivity index (χ3n) is 3.51. The molecule has 11 heteroatoms. The van der Waals surface area contributed by atoms with E-state index in [1.54, 1.807) is 0 Å². The molecule has 0 aliphatic carbocycles. The first-order valence-corrected chi connectivity index (χ1v) is 7.15. The molecular weight excluding hydrogens is 382 g/mol. The number of nitrogens with zero attached hydrogens (tertiary/aromatic N) is 1. The first kappa shape index (κ1) is 20.2. The van der Waals surface area contributed by atoms with E-state index in [2.05, 4.69) is 0 Å². The van der Waals surface area contributed by atoms with Crippen molar-refractivity contribution in [2.75, 3.05) is 5.32 Å². The highest BCUT2D eigenvalue weighted by Crippen LogP contribution is 2.37. The fourth-order valence-electron chi connectivity index (χ4n) is 2.31. The molecule has 144 valence electrons. The van der Waals surface area contributed by atoms with Gasteiger partial charge in [-0.05, 0) is 31.2 Å². The Morgan fingerprint density at radius 3 is 1.96 bits per heavy atom. The number of anilines is 1. The maximum absolute atomic E-state index is 12.8. The molecule has 0 spiro atoms. The largest absolute Gasteiger partial charge is 0.416 e. The van der Waals surface area contributed by atoms with E-state index in [1.165, 1.54) is 19.1 Å². The van der Waals surface area contributed by atoms with Crippen LogP contribution in [0.5, 0.6) is 0 Å². The molecule has 1 N–H and O–H groups in total. The molecule has 1 amide bonds. The van der Waals surface area contributed by atoms with Gasteiger partial charge in [-0.2, -0.15) is 26.3 Å². The lowest BCUT2D eigenvalue weighted by Crippen LogP contribution is -2.17. The minimum Gasteiger partial charge on any atom is -0.322 e. The predicted octanol–water partition coefficient (Wildman–Crippen LogP) is 5.19. The molecular formula is C16H10F6N2O3. The zero-order valence-corrected chi connectivity index (χ0v) is 13.4. The molecule has 0 fully saturated rings. The molecule has 2 aromatic rings. The van der Waals surface area contributed by atoms with Gasteiger partial charge in [0.1, 0.15) is 5.56 Å². The predicted molar refractivity (Wildman–Crippen MR) is 82.2 cm³/mol. The average molecular weight is 392 g/mol. The number of hydrogen-bond acceptors (Lipinski definition) is 3. The number of carbonyl (C=O) groups excluding carboxylic acids is 1. The summed E-state index contributed by atoms with van der Waals surface area (Å²) in [4.78, 5) is 22.5. The van der Waals surface area contributed by atoms with Crippen LogP contribution in [0.4, 0.5) is 37.7 Å². The maximum Gasteiger partial charge on any atom is 0.416 e. The van der Waals surface area contributed by atoms with Gasteiger partial charge in [-0.25, -0.2) is 0 Å². The van der Waals surface area contributed by atoms with E-state index in [1.807, 2.05) is 5.32 Å². The molecule has 27 heavy (non-hydrogen) atoms. The van der Waals surface area contributed by atoms with Crippen molar-refractivity contribution in [3.05, 3.63) is 68.8 Å². The molecule has 0 saturated heterocycles. The van der Waals surface area contributed by atoms with Crippen LogP contribution < -0.4 is 5.32 Å². The summed E-state index contributed by atoms with van der Waals surface area (Å²) in [6.07, 6.45) is -10.2. The van der Waals surface area contributed by atoms with E-state index in [-0.39, 0.29) is 11.6 Å². The van der Waals surface area contributed by atoms with Gasteiger partial charge in [-0.3, -0.25) is 14.9 Å². The number of alkyl halides is 6. The van der Waals surface area contributed by atoms with Crippen molar-refractivity contribution < 1.29 is 36.1 Å². The Morgan fingerprint density at radius 1 is 1.00 bits per heavy atom. The highest BCUT2D eigenvalue weighted by molar-refractivity contribution is 6.07. The summed E-state index contributed by atoms with van der Waals surface area (Å²) in [6.45, 7) is 1.33. The number of halogens is 6. The number of aryl methyl sites for hydroxylation is 1. The Kier molecular flexibility index (Phi) is 5.16. The van der Waals surface area contributed by atoms with Gasteiger partial charge in [0.15, 0.2) is 0 Å². The normalized spacial score (nSPS) is 12.0. The summed E-state index contributed by atoms with van der Waals surface area (Å²) in [5, 5.41) is 13.0. The number of hydrogen-bond donors (Lipinski definition) is 1. The van der Waals surface area contributed by atoms with Gasteiger partial charge in [0, 0.05) is 11.3 Å². The molecule has 0 aliphatic heterocycles. The molecule has 0 bridgehead atoms. The Balaban J connectivity index is 2.50. The van der Waals surface area contributed by atoms with E-state index >= 15 is 0 Å². The smallest absolute Gasteiger partial charge is 0.322 e. The molecule has 0 heterocycles. The molecule has 2 aromatic carbocycles. The van der Waals surface area contributed by atoms with Gasteiger partial charge in [0.2, 0.25) is 0 Å². The number of benzene rings is 2. The molecule has 5 nitrogen and oxygen atoms in total. The fraction of sp³-hybridized carbons (Fsp3) is 0.188. The molecule has 2 rings (SSSR count). The molecule has 0 radical (unpaired) electrons. The number of amides is 1. The van der Waals surface area contributed by atoms with Crippen molar-refractivity contribution in [1.82, 2.24) is 0 Å². The van der Waals surface area contributed by atoms with E-state index in [0.29, 0.717) is 12.1 Å². The topological polar surface area (TPSA) is 72.2 Å². The van der Waals surface area contributed by atoms with Crippen LogP contribution in [0.2, 0.25) is 0 Å². The second kappa shape index (κ2) is 6.89. The highest BCUT2D eigenvalue weighted by Gasteiger charge is 2.37. The molecule has 0 aliphatic rings. The van der Waals surface area contributed by atoms with E-state index in [0.717, 1.165) is 6.07 Å². The lowest BCUT2D eigenvalue weighted by atomic mass is 10.1. The molecule has 0 atom stereocenters. The van der Waals surface area contributed by atoms with Crippen LogP contribution in [-0.2, 0) is 12.4 Å². The van der Waals surface area contributed by atoms with Gasteiger partial charge in [0.25, 0.3) is 11.6 Å². The number of nitrogens with one attached hydrogen (secondary N) is 1. The number of rotatable bonds is 3. The van der Waals surface area contributed by atoms with Crippen LogP contribution in [0.25, 0.3) is 0 Å². The third kappa shape index (κ3) is 4.54. The maximum atomic E-state index is 12.8. The van der Waals surface area contributed by atoms with Crippen LogP contribution in [0, 0.1) is 17.0 Å². The zero-order valence-electron chi connectivity index (χ0n) is 13.4. The second-order valence-corrected chi connectivity index (χ2v) is 5.48. The first-order chi connectivity index (χ1) is 12.3. The van der Waals surface area contributed by atoms with Crippen molar-refractivity contribution >= 4 is 17.3 Å². The fourth-order valence-corrected chi connectivity index (χ4v) is 2.31. The minimum atomic E-state index is -5.09. The van der Waals surface area contributed by atoms with Crippen molar-refractivity contribution in [2.45, 2.75) is 19.3 Å². The van der Waals surface area contributed by atoms with Gasteiger partial charge < -0.3 is 5.32 Å². The van der Waals surface area contributed by atoms with Crippen molar-refractivity contribution in [1.29, 1.82) is 0 Å². The van der Waals surface area contributed by atoms with E-state index in [4.69, 9.17) is 0 Å². The van der Waals surface area contributed by atoms with E-state index < -0.39 is 51.2 Å². The van der Waals surface area contributed by atoms with Crippen LogP contribution >= 0.6 is 0 Å². The number of para-hydroxylation sites is 1. The van der Waals surface area contributed by atoms with Gasteiger partial charge >= 0.3 is 12.4 Å². The van der Waals surface area contributed by atoms with Crippen LogP contribution in [-0.4, -0.2) is 10.8 Å². The monoisotopic (exact) mass is 392 g/mol. The van der Waals surface area contributed by atoms with Crippen molar-refractivity contribution in [3.63, 3.8) is 0 Å². The Hall–Kier alpha value is -3.11. The van der Waals surface area contributed by atoms with Gasteiger partial charge in [-0.15, -0.1) is 0 Å². The van der Waals surface area contributed by atoms with Crippen molar-refractivity contribution in [2.24, 2.45) is 0 Å². The zero-order chi connectivity index (χ0) is 20.6. The van der Waals surface area contributed by atoms with Crippen LogP contribution in [0.15, 0.2) is 36.4 Å². The minimum absolute atomic E-state index is 0.0925. The van der Waals surface area contributed by atoms with Gasteiger partial charge in [-0.1, -0.05) is 12.1 Å². The lowest BCUT2D eigenvalue weighted by Gasteiger charge is -2.15. The quantitative estimate of drug-likeness (QED) is 0.444. The molecule has 0 saturated carbocycles. The third-order valence-corrected chi connectivity index (χ3v) is 3.51. The summed E-state index contributed by atoms with van der Waals surface area (Å²) in [5.74, 6) is -1.21. The molecule has 0 aromatic heterocycles. The number of carbonyl (C=O) groups is 1. The van der Waals surface area contributed by atoms with Crippen molar-refractivity contribution in [3.8, 4) is 0 Å². The Bertz CT molecular complexity index is 874.